The standard InChI is InChI=1S/C14H15F3N4O/c15-14(16,17)11-2-1-10(8-21-5-3-18-4-6-21)12(7-11)13-20-19-9-22-13/h1-2,7,9,18H,3-6,8H2. The lowest BCUT2D eigenvalue weighted by atomic mass is 10.0. The van der Waals surface area contributed by atoms with E-state index >= 15 is 0 Å². The van der Waals surface area contributed by atoms with Gasteiger partial charge in [-0.2, -0.15) is 13.2 Å². The molecular formula is C14H15F3N4O. The Labute approximate surface area is 125 Å². The highest BCUT2D eigenvalue weighted by Crippen LogP contribution is 2.33. The molecule has 0 aliphatic carbocycles. The van der Waals surface area contributed by atoms with E-state index in [1.165, 1.54) is 6.07 Å². The normalized spacial score (nSPS) is 16.9. The second kappa shape index (κ2) is 6.05. The molecule has 1 aromatic carbocycles. The van der Waals surface area contributed by atoms with Crippen molar-refractivity contribution in [1.29, 1.82) is 0 Å². The van der Waals surface area contributed by atoms with Crippen molar-refractivity contribution in [3.05, 3.63) is 35.7 Å². The maximum Gasteiger partial charge on any atom is 0.416 e. The van der Waals surface area contributed by atoms with Gasteiger partial charge in [-0.05, 0) is 17.7 Å². The van der Waals surface area contributed by atoms with Crippen LogP contribution >= 0.6 is 0 Å². The van der Waals surface area contributed by atoms with Crippen LogP contribution in [0.3, 0.4) is 0 Å². The largest absolute Gasteiger partial charge is 0.423 e. The fourth-order valence-electron chi connectivity index (χ4n) is 2.49. The van der Waals surface area contributed by atoms with Crippen molar-refractivity contribution in [3.63, 3.8) is 0 Å². The monoisotopic (exact) mass is 312 g/mol. The van der Waals surface area contributed by atoms with Crippen molar-refractivity contribution in [3.8, 4) is 11.5 Å². The molecule has 1 aliphatic rings. The first-order chi connectivity index (χ1) is 10.5. The quantitative estimate of drug-likeness (QED) is 0.941. The first-order valence-electron chi connectivity index (χ1n) is 6.94. The van der Waals surface area contributed by atoms with Gasteiger partial charge < -0.3 is 9.73 Å². The van der Waals surface area contributed by atoms with Gasteiger partial charge in [0.1, 0.15) is 0 Å². The summed E-state index contributed by atoms with van der Waals surface area (Å²) in [5, 5.41) is 10.5. The van der Waals surface area contributed by atoms with Crippen molar-refractivity contribution in [2.75, 3.05) is 26.2 Å². The number of rotatable bonds is 3. The Kier molecular flexibility index (Phi) is 4.12. The van der Waals surface area contributed by atoms with Crippen molar-refractivity contribution < 1.29 is 17.6 Å². The van der Waals surface area contributed by atoms with Gasteiger partial charge in [0, 0.05) is 38.3 Å². The highest BCUT2D eigenvalue weighted by molar-refractivity contribution is 5.60. The van der Waals surface area contributed by atoms with E-state index in [-0.39, 0.29) is 5.89 Å². The lowest BCUT2D eigenvalue weighted by molar-refractivity contribution is -0.137. The molecule has 1 N–H and O–H groups in total. The number of alkyl halides is 3. The van der Waals surface area contributed by atoms with Crippen molar-refractivity contribution in [1.82, 2.24) is 20.4 Å². The molecule has 0 unspecified atom stereocenters. The number of halogens is 3. The fraction of sp³-hybridized carbons (Fsp3) is 0.429. The van der Waals surface area contributed by atoms with Gasteiger partial charge in [-0.3, -0.25) is 4.90 Å². The van der Waals surface area contributed by atoms with Gasteiger partial charge in [0.05, 0.1) is 5.56 Å². The molecule has 0 atom stereocenters. The van der Waals surface area contributed by atoms with E-state index in [1.54, 1.807) is 0 Å². The maximum absolute atomic E-state index is 12.9. The molecule has 5 nitrogen and oxygen atoms in total. The zero-order chi connectivity index (χ0) is 15.6. The minimum atomic E-state index is -4.40. The molecule has 118 valence electrons. The number of aromatic nitrogens is 2. The van der Waals surface area contributed by atoms with Crippen LogP contribution in [0.1, 0.15) is 11.1 Å². The van der Waals surface area contributed by atoms with E-state index in [0.717, 1.165) is 50.3 Å². The molecule has 1 aliphatic heterocycles. The minimum Gasteiger partial charge on any atom is -0.423 e. The summed E-state index contributed by atoms with van der Waals surface area (Å²) in [7, 11) is 0. The summed E-state index contributed by atoms with van der Waals surface area (Å²) in [6.45, 7) is 4.00. The maximum atomic E-state index is 12.9. The number of piperazine rings is 1. The van der Waals surface area contributed by atoms with Crippen LogP contribution in [0, 0.1) is 0 Å². The molecule has 0 saturated carbocycles. The van der Waals surface area contributed by atoms with Crippen LogP contribution in [-0.4, -0.2) is 41.3 Å². The molecule has 1 fully saturated rings. The average Bonchev–Trinajstić information content (AvgIpc) is 3.01. The van der Waals surface area contributed by atoms with E-state index in [9.17, 15) is 13.2 Å². The first kappa shape index (κ1) is 15.0. The Balaban J connectivity index is 1.94. The van der Waals surface area contributed by atoms with Gasteiger partial charge in [-0.25, -0.2) is 0 Å². The topological polar surface area (TPSA) is 54.2 Å². The Morgan fingerprint density at radius 1 is 1.23 bits per heavy atom. The summed E-state index contributed by atoms with van der Waals surface area (Å²) in [6, 6.07) is 3.66. The summed E-state index contributed by atoms with van der Waals surface area (Å²) in [5.41, 5.74) is 0.370. The lowest BCUT2D eigenvalue weighted by Gasteiger charge is -2.27. The molecule has 3 rings (SSSR count). The van der Waals surface area contributed by atoms with Crippen molar-refractivity contribution in [2.45, 2.75) is 12.7 Å². The lowest BCUT2D eigenvalue weighted by Crippen LogP contribution is -2.42. The summed E-state index contributed by atoms with van der Waals surface area (Å²) in [5.74, 6) is 0.108. The number of benzene rings is 1. The third kappa shape index (κ3) is 3.28. The van der Waals surface area contributed by atoms with E-state index in [1.807, 2.05) is 0 Å². The minimum absolute atomic E-state index is 0.108. The molecule has 2 heterocycles. The summed E-state index contributed by atoms with van der Waals surface area (Å²) in [4.78, 5) is 2.18. The number of nitrogens with zero attached hydrogens (tertiary/aromatic N) is 3. The molecule has 1 saturated heterocycles. The second-order valence-corrected chi connectivity index (χ2v) is 5.14. The van der Waals surface area contributed by atoms with Crippen LogP contribution in [0.15, 0.2) is 29.0 Å². The van der Waals surface area contributed by atoms with Gasteiger partial charge in [0.15, 0.2) is 0 Å². The van der Waals surface area contributed by atoms with Gasteiger partial charge in [-0.15, -0.1) is 10.2 Å². The Morgan fingerprint density at radius 3 is 2.64 bits per heavy atom. The van der Waals surface area contributed by atoms with Crippen LogP contribution < -0.4 is 5.32 Å². The van der Waals surface area contributed by atoms with Crippen molar-refractivity contribution in [2.24, 2.45) is 0 Å². The average molecular weight is 312 g/mol. The van der Waals surface area contributed by atoms with Crippen LogP contribution in [0.4, 0.5) is 13.2 Å². The van der Waals surface area contributed by atoms with Gasteiger partial charge in [0.2, 0.25) is 12.3 Å². The molecule has 8 heteroatoms. The van der Waals surface area contributed by atoms with E-state index < -0.39 is 11.7 Å². The Bertz CT molecular complexity index is 622. The van der Waals surface area contributed by atoms with Crippen LogP contribution in [0.5, 0.6) is 0 Å². The highest BCUT2D eigenvalue weighted by Gasteiger charge is 2.31. The molecular weight excluding hydrogens is 297 g/mol. The molecule has 0 spiro atoms. The summed E-state index contributed by atoms with van der Waals surface area (Å²) >= 11 is 0. The van der Waals surface area contributed by atoms with Gasteiger partial charge in [0.25, 0.3) is 0 Å². The van der Waals surface area contributed by atoms with Crippen LogP contribution in [-0.2, 0) is 12.7 Å². The Morgan fingerprint density at radius 2 is 2.00 bits per heavy atom. The van der Waals surface area contributed by atoms with E-state index in [4.69, 9.17) is 4.42 Å². The number of hydrogen-bond acceptors (Lipinski definition) is 5. The van der Waals surface area contributed by atoms with E-state index in [2.05, 4.69) is 20.4 Å². The fourth-order valence-corrected chi connectivity index (χ4v) is 2.49. The van der Waals surface area contributed by atoms with Crippen LogP contribution in [0.25, 0.3) is 11.5 Å². The molecule has 0 amide bonds. The Hall–Kier alpha value is -1.93. The predicted octanol–water partition coefficient (Wildman–Crippen LogP) is 2.16. The SMILES string of the molecule is FC(F)(F)c1ccc(CN2CCNCC2)c(-c2nnco2)c1. The third-order valence-electron chi connectivity index (χ3n) is 3.63. The zero-order valence-electron chi connectivity index (χ0n) is 11.7. The zero-order valence-corrected chi connectivity index (χ0v) is 11.7. The second-order valence-electron chi connectivity index (χ2n) is 5.14. The number of hydrogen-bond donors (Lipinski definition) is 1. The molecule has 1 aromatic heterocycles. The first-order valence-corrected chi connectivity index (χ1v) is 6.94. The third-order valence-corrected chi connectivity index (χ3v) is 3.63. The summed E-state index contributed by atoms with van der Waals surface area (Å²) < 4.78 is 43.8. The molecule has 0 radical (unpaired) electrons. The van der Waals surface area contributed by atoms with Crippen molar-refractivity contribution >= 4 is 0 Å². The van der Waals surface area contributed by atoms with Gasteiger partial charge in [-0.1, -0.05) is 6.07 Å². The van der Waals surface area contributed by atoms with Gasteiger partial charge >= 0.3 is 6.18 Å². The highest BCUT2D eigenvalue weighted by atomic mass is 19.4. The molecule has 22 heavy (non-hydrogen) atoms. The number of nitrogens with one attached hydrogen (secondary N) is 1. The molecule has 2 aromatic rings. The van der Waals surface area contributed by atoms with E-state index in [0.29, 0.717) is 12.1 Å². The predicted molar refractivity (Wildman–Crippen MR) is 72.9 cm³/mol. The molecule has 0 bridgehead atoms. The van der Waals surface area contributed by atoms with Crippen LogP contribution in [0.2, 0.25) is 0 Å². The smallest absolute Gasteiger partial charge is 0.416 e. The summed E-state index contributed by atoms with van der Waals surface area (Å²) in [6.07, 6.45) is -3.29.